The van der Waals surface area contributed by atoms with Gasteiger partial charge in [0.05, 0.1) is 0 Å². The number of nitrogens with two attached hydrogens (primary N) is 1. The molecule has 1 saturated carbocycles. The Morgan fingerprint density at radius 3 is 2.67 bits per heavy atom. The Kier molecular flexibility index (Phi) is 4.65. The summed E-state index contributed by atoms with van der Waals surface area (Å²) in [6.45, 7) is 0. The first-order valence-electron chi connectivity index (χ1n) is 6.70. The minimum atomic E-state index is -0.217. The highest BCUT2D eigenvalue weighted by atomic mass is 35.5. The van der Waals surface area contributed by atoms with Crippen LogP contribution < -0.4 is 5.73 Å². The molecule has 1 amide bonds. The highest BCUT2D eigenvalue weighted by Gasteiger charge is 2.26. The van der Waals surface area contributed by atoms with Gasteiger partial charge in [-0.1, -0.05) is 43.0 Å². The van der Waals surface area contributed by atoms with Crippen molar-refractivity contribution in [3.05, 3.63) is 34.9 Å². The Balaban J connectivity index is 2.20. The number of carbonyl (C=O) groups is 1. The summed E-state index contributed by atoms with van der Waals surface area (Å²) in [5.74, 6) is 0.594. The summed E-state index contributed by atoms with van der Waals surface area (Å²) in [6, 6.07) is 7.86. The normalized spacial score (nSPS) is 18.5. The van der Waals surface area contributed by atoms with Gasteiger partial charge in [-0.15, -0.1) is 0 Å². The molecule has 2 N–H and O–H groups in total. The van der Waals surface area contributed by atoms with Crippen LogP contribution in [0.1, 0.15) is 50.0 Å². The topological polar surface area (TPSA) is 43.1 Å². The smallest absolute Gasteiger partial charge is 0.218 e. The average molecular weight is 266 g/mol. The van der Waals surface area contributed by atoms with Crippen LogP contribution in [0, 0.1) is 5.92 Å². The second-order valence-electron chi connectivity index (χ2n) is 5.23. The van der Waals surface area contributed by atoms with Gasteiger partial charge in [-0.05, 0) is 42.4 Å². The number of hydrogen-bond donors (Lipinski definition) is 1. The maximum Gasteiger partial charge on any atom is 0.218 e. The molecule has 1 aliphatic rings. The van der Waals surface area contributed by atoms with Crippen LogP contribution in [0.25, 0.3) is 0 Å². The van der Waals surface area contributed by atoms with Crippen molar-refractivity contribution in [1.29, 1.82) is 0 Å². The van der Waals surface area contributed by atoms with Gasteiger partial charge in [0, 0.05) is 11.4 Å². The lowest BCUT2D eigenvalue weighted by atomic mass is 9.75. The molecule has 0 bridgehead atoms. The molecule has 0 spiro atoms. The summed E-state index contributed by atoms with van der Waals surface area (Å²) < 4.78 is 0. The van der Waals surface area contributed by atoms with Crippen LogP contribution in [0.3, 0.4) is 0 Å². The molecule has 1 aromatic carbocycles. The molecular weight excluding hydrogens is 246 g/mol. The van der Waals surface area contributed by atoms with Gasteiger partial charge in [-0.2, -0.15) is 0 Å². The molecule has 1 aliphatic carbocycles. The maximum atomic E-state index is 11.3. The third-order valence-corrected chi connectivity index (χ3v) is 4.15. The van der Waals surface area contributed by atoms with Crippen molar-refractivity contribution in [2.45, 2.75) is 44.4 Å². The Morgan fingerprint density at radius 1 is 1.33 bits per heavy atom. The van der Waals surface area contributed by atoms with Gasteiger partial charge < -0.3 is 5.73 Å². The summed E-state index contributed by atoms with van der Waals surface area (Å²) in [4.78, 5) is 11.3. The summed E-state index contributed by atoms with van der Waals surface area (Å²) in [6.07, 6.45) is 6.68. The zero-order valence-corrected chi connectivity index (χ0v) is 11.3. The van der Waals surface area contributed by atoms with E-state index in [0.29, 0.717) is 12.3 Å². The minimum absolute atomic E-state index is 0.217. The number of carbonyl (C=O) groups excluding carboxylic acids is 1. The van der Waals surface area contributed by atoms with Gasteiger partial charge in [0.1, 0.15) is 0 Å². The zero-order valence-electron chi connectivity index (χ0n) is 10.6. The lowest BCUT2D eigenvalue weighted by molar-refractivity contribution is -0.118. The first kappa shape index (κ1) is 13.4. The predicted molar refractivity (Wildman–Crippen MR) is 74.6 cm³/mol. The Morgan fingerprint density at radius 2 is 2.06 bits per heavy atom. The van der Waals surface area contributed by atoms with E-state index in [9.17, 15) is 4.79 Å². The van der Waals surface area contributed by atoms with Crippen molar-refractivity contribution in [2.75, 3.05) is 0 Å². The molecule has 98 valence electrons. The first-order valence-corrected chi connectivity index (χ1v) is 7.08. The first-order chi connectivity index (χ1) is 8.66. The molecular formula is C15H20ClNO. The third kappa shape index (κ3) is 3.49. The van der Waals surface area contributed by atoms with Gasteiger partial charge >= 0.3 is 0 Å². The Hall–Kier alpha value is -1.02. The van der Waals surface area contributed by atoms with Crippen LogP contribution in [-0.2, 0) is 4.79 Å². The highest BCUT2D eigenvalue weighted by Crippen LogP contribution is 2.38. The van der Waals surface area contributed by atoms with E-state index < -0.39 is 0 Å². The van der Waals surface area contributed by atoms with Gasteiger partial charge in [-0.25, -0.2) is 0 Å². The molecule has 3 heteroatoms. The van der Waals surface area contributed by atoms with Gasteiger partial charge in [0.2, 0.25) is 5.91 Å². The van der Waals surface area contributed by atoms with Crippen LogP contribution in [0.5, 0.6) is 0 Å². The van der Waals surface area contributed by atoms with E-state index in [1.54, 1.807) is 0 Å². The van der Waals surface area contributed by atoms with Gasteiger partial charge in [0.15, 0.2) is 0 Å². The van der Waals surface area contributed by atoms with Crippen LogP contribution in [0.15, 0.2) is 24.3 Å². The number of rotatable bonds is 4. The molecule has 18 heavy (non-hydrogen) atoms. The summed E-state index contributed by atoms with van der Waals surface area (Å²) in [5.41, 5.74) is 6.56. The number of amides is 1. The fourth-order valence-electron chi connectivity index (χ4n) is 3.05. The van der Waals surface area contributed by atoms with Crippen molar-refractivity contribution >= 4 is 17.5 Å². The lowest BCUT2D eigenvalue weighted by Gasteiger charge is -2.30. The van der Waals surface area contributed by atoms with Crippen LogP contribution >= 0.6 is 11.6 Å². The second kappa shape index (κ2) is 6.24. The van der Waals surface area contributed by atoms with Crippen molar-refractivity contribution < 1.29 is 4.79 Å². The van der Waals surface area contributed by atoms with E-state index in [2.05, 4.69) is 6.07 Å². The molecule has 1 fully saturated rings. The molecule has 0 saturated heterocycles. The molecule has 2 rings (SSSR count). The summed E-state index contributed by atoms with van der Waals surface area (Å²) >= 11 is 6.05. The molecule has 1 aromatic rings. The maximum absolute atomic E-state index is 11.3. The predicted octanol–water partition coefficient (Wildman–Crippen LogP) is 3.88. The zero-order chi connectivity index (χ0) is 13.0. The van der Waals surface area contributed by atoms with Gasteiger partial charge in [-0.3, -0.25) is 4.79 Å². The van der Waals surface area contributed by atoms with E-state index in [0.717, 1.165) is 10.6 Å². The van der Waals surface area contributed by atoms with Crippen molar-refractivity contribution in [1.82, 2.24) is 0 Å². The number of primary amides is 1. The quantitative estimate of drug-likeness (QED) is 0.882. The highest BCUT2D eigenvalue weighted by molar-refractivity contribution is 6.30. The van der Waals surface area contributed by atoms with Crippen LogP contribution in [0.4, 0.5) is 0 Å². The van der Waals surface area contributed by atoms with E-state index in [1.165, 1.54) is 32.1 Å². The molecule has 2 nitrogen and oxygen atoms in total. The SMILES string of the molecule is NC(=O)CC(c1cccc(Cl)c1)C1CCCCC1. The fourth-order valence-corrected chi connectivity index (χ4v) is 3.25. The standard InChI is InChI=1S/C15H20ClNO/c16-13-8-4-7-12(9-13)14(10-15(17)18)11-5-2-1-3-6-11/h4,7-9,11,14H,1-3,5-6,10H2,(H2,17,18). The molecule has 0 aliphatic heterocycles. The second-order valence-corrected chi connectivity index (χ2v) is 5.67. The Bertz CT molecular complexity index is 413. The third-order valence-electron chi connectivity index (χ3n) is 3.92. The molecule has 0 heterocycles. The van der Waals surface area contributed by atoms with Crippen LogP contribution in [0.2, 0.25) is 5.02 Å². The summed E-state index contributed by atoms with van der Waals surface area (Å²) in [5, 5.41) is 0.734. The largest absolute Gasteiger partial charge is 0.370 e. The van der Waals surface area contributed by atoms with E-state index in [1.807, 2.05) is 18.2 Å². The number of halogens is 1. The van der Waals surface area contributed by atoms with E-state index >= 15 is 0 Å². The molecule has 0 aromatic heterocycles. The van der Waals surface area contributed by atoms with Crippen molar-refractivity contribution in [3.8, 4) is 0 Å². The van der Waals surface area contributed by atoms with Crippen molar-refractivity contribution in [2.24, 2.45) is 11.7 Å². The van der Waals surface area contributed by atoms with Gasteiger partial charge in [0.25, 0.3) is 0 Å². The number of benzene rings is 1. The fraction of sp³-hybridized carbons (Fsp3) is 0.533. The monoisotopic (exact) mass is 265 g/mol. The molecule has 1 unspecified atom stereocenters. The van der Waals surface area contributed by atoms with E-state index in [4.69, 9.17) is 17.3 Å². The lowest BCUT2D eigenvalue weighted by Crippen LogP contribution is -2.23. The van der Waals surface area contributed by atoms with E-state index in [-0.39, 0.29) is 11.8 Å². The van der Waals surface area contributed by atoms with Crippen LogP contribution in [-0.4, -0.2) is 5.91 Å². The minimum Gasteiger partial charge on any atom is -0.370 e. The van der Waals surface area contributed by atoms with Crippen molar-refractivity contribution in [3.63, 3.8) is 0 Å². The Labute approximate surface area is 114 Å². The molecule has 0 radical (unpaired) electrons. The number of hydrogen-bond acceptors (Lipinski definition) is 1. The molecule has 1 atom stereocenters. The average Bonchev–Trinajstić information content (AvgIpc) is 2.37. The summed E-state index contributed by atoms with van der Waals surface area (Å²) in [7, 11) is 0.